The second kappa shape index (κ2) is 7.72. The monoisotopic (exact) mass is 362 g/mol. The minimum absolute atomic E-state index is 0.219. The molecular formula is C19H26N2O3S. The largest absolute Gasteiger partial charge is 0.460 e. The number of hydrogen-bond acceptors (Lipinski definition) is 4. The first-order valence-electron chi connectivity index (χ1n) is 8.75. The highest BCUT2D eigenvalue weighted by Crippen LogP contribution is 2.25. The number of benzene rings is 1. The predicted octanol–water partition coefficient (Wildman–Crippen LogP) is 3.16. The topological polar surface area (TPSA) is 62.6 Å². The van der Waals surface area contributed by atoms with Gasteiger partial charge in [-0.15, -0.1) is 0 Å². The number of piperidine rings is 1. The molecule has 1 unspecified atom stereocenters. The van der Waals surface area contributed by atoms with Crippen molar-refractivity contribution in [3.05, 3.63) is 47.7 Å². The van der Waals surface area contributed by atoms with E-state index in [1.165, 1.54) is 11.8 Å². The molecule has 0 saturated carbocycles. The van der Waals surface area contributed by atoms with E-state index in [1.54, 1.807) is 0 Å². The van der Waals surface area contributed by atoms with Gasteiger partial charge in [-0.1, -0.05) is 36.2 Å². The van der Waals surface area contributed by atoms with Crippen molar-refractivity contribution < 1.29 is 12.8 Å². The van der Waals surface area contributed by atoms with Crippen molar-refractivity contribution in [2.75, 3.05) is 19.3 Å². The number of nitrogens with zero attached hydrogens (tertiary/aromatic N) is 1. The number of rotatable bonds is 6. The summed E-state index contributed by atoms with van der Waals surface area (Å²) in [5, 5.41) is 0. The first kappa shape index (κ1) is 18.2. The summed E-state index contributed by atoms with van der Waals surface area (Å²) < 4.78 is 31.4. The van der Waals surface area contributed by atoms with Crippen molar-refractivity contribution in [2.45, 2.75) is 38.8 Å². The molecule has 1 N–H and O–H groups in total. The molecule has 1 saturated heterocycles. The lowest BCUT2D eigenvalue weighted by Gasteiger charge is -2.35. The highest BCUT2D eigenvalue weighted by Gasteiger charge is 2.24. The van der Waals surface area contributed by atoms with Crippen LogP contribution in [0.4, 0.5) is 0 Å². The molecule has 3 rings (SSSR count). The number of sulfonamides is 1. The van der Waals surface area contributed by atoms with Crippen LogP contribution in [0.2, 0.25) is 0 Å². The molecule has 0 bridgehead atoms. The number of aryl methyl sites for hydroxylation is 1. The van der Waals surface area contributed by atoms with Crippen LogP contribution in [0.3, 0.4) is 0 Å². The van der Waals surface area contributed by atoms with Crippen molar-refractivity contribution in [3.8, 4) is 11.3 Å². The molecule has 25 heavy (non-hydrogen) atoms. The number of nitrogens with one attached hydrogen (secondary N) is 1. The lowest BCUT2D eigenvalue weighted by Crippen LogP contribution is -2.45. The summed E-state index contributed by atoms with van der Waals surface area (Å²) in [5.41, 5.74) is 2.30. The summed E-state index contributed by atoms with van der Waals surface area (Å²) in [4.78, 5) is 2.32. The zero-order valence-corrected chi connectivity index (χ0v) is 15.7. The Bertz CT molecular complexity index is 796. The summed E-state index contributed by atoms with van der Waals surface area (Å²) in [7, 11) is -3.16. The minimum atomic E-state index is -3.16. The maximum absolute atomic E-state index is 11.4. The Morgan fingerprint density at radius 1 is 1.16 bits per heavy atom. The van der Waals surface area contributed by atoms with Crippen LogP contribution >= 0.6 is 0 Å². The molecule has 0 radical (unpaired) electrons. The highest BCUT2D eigenvalue weighted by atomic mass is 32.2. The van der Waals surface area contributed by atoms with Gasteiger partial charge in [0.2, 0.25) is 10.0 Å². The highest BCUT2D eigenvalue weighted by molar-refractivity contribution is 7.88. The molecule has 1 aliphatic rings. The maximum atomic E-state index is 11.4. The molecule has 5 nitrogen and oxygen atoms in total. The van der Waals surface area contributed by atoms with Crippen molar-refractivity contribution in [1.82, 2.24) is 9.62 Å². The van der Waals surface area contributed by atoms with Gasteiger partial charge in [0.25, 0.3) is 0 Å². The molecule has 0 amide bonds. The van der Waals surface area contributed by atoms with Crippen LogP contribution in [-0.2, 0) is 16.6 Å². The third-order valence-electron chi connectivity index (χ3n) is 4.69. The Balaban J connectivity index is 1.66. The average molecular weight is 362 g/mol. The van der Waals surface area contributed by atoms with Gasteiger partial charge >= 0.3 is 0 Å². The van der Waals surface area contributed by atoms with Crippen LogP contribution < -0.4 is 4.72 Å². The molecule has 1 atom stereocenters. The molecule has 1 fully saturated rings. The van der Waals surface area contributed by atoms with E-state index >= 15 is 0 Å². The fourth-order valence-electron chi connectivity index (χ4n) is 3.28. The molecule has 1 aliphatic heterocycles. The van der Waals surface area contributed by atoms with Crippen LogP contribution in [-0.4, -0.2) is 38.7 Å². The summed E-state index contributed by atoms with van der Waals surface area (Å²) in [6.07, 6.45) is 4.49. The smallest absolute Gasteiger partial charge is 0.208 e. The Morgan fingerprint density at radius 2 is 1.92 bits per heavy atom. The zero-order valence-electron chi connectivity index (χ0n) is 14.9. The minimum Gasteiger partial charge on any atom is -0.460 e. The fourth-order valence-corrected chi connectivity index (χ4v) is 3.78. The summed E-state index contributed by atoms with van der Waals surface area (Å²) in [5.74, 6) is 1.79. The van der Waals surface area contributed by atoms with Gasteiger partial charge in [-0.25, -0.2) is 13.1 Å². The van der Waals surface area contributed by atoms with Crippen molar-refractivity contribution in [3.63, 3.8) is 0 Å². The van der Waals surface area contributed by atoms with Gasteiger partial charge < -0.3 is 4.42 Å². The molecule has 1 aromatic heterocycles. The number of likely N-dealkylation sites (tertiary alicyclic amines) is 1. The third kappa shape index (κ3) is 5.17. The van der Waals surface area contributed by atoms with Gasteiger partial charge in [-0.05, 0) is 38.4 Å². The maximum Gasteiger partial charge on any atom is 0.208 e. The van der Waals surface area contributed by atoms with Gasteiger partial charge in [0.1, 0.15) is 11.5 Å². The zero-order chi connectivity index (χ0) is 17.9. The molecule has 2 aromatic rings. The van der Waals surface area contributed by atoms with E-state index in [9.17, 15) is 8.42 Å². The van der Waals surface area contributed by atoms with E-state index in [2.05, 4.69) is 40.8 Å². The SMILES string of the molecule is Cc1ccc(-c2ccc(CN3CCCCC3CNS(C)(=O)=O)o2)cc1. The van der Waals surface area contributed by atoms with Gasteiger partial charge in [0.05, 0.1) is 12.8 Å². The first-order chi connectivity index (χ1) is 11.9. The Morgan fingerprint density at radius 3 is 2.64 bits per heavy atom. The molecule has 0 aliphatic carbocycles. The van der Waals surface area contributed by atoms with Gasteiger partial charge in [0, 0.05) is 18.2 Å². The van der Waals surface area contributed by atoms with Crippen molar-refractivity contribution >= 4 is 10.0 Å². The van der Waals surface area contributed by atoms with E-state index in [4.69, 9.17) is 4.42 Å². The first-order valence-corrected chi connectivity index (χ1v) is 10.6. The van der Waals surface area contributed by atoms with Gasteiger partial charge in [-0.2, -0.15) is 0 Å². The average Bonchev–Trinajstić information content (AvgIpc) is 3.02. The van der Waals surface area contributed by atoms with E-state index in [-0.39, 0.29) is 6.04 Å². The molecule has 0 spiro atoms. The Labute approximate surface area is 150 Å². The van der Waals surface area contributed by atoms with E-state index in [1.807, 2.05) is 12.1 Å². The van der Waals surface area contributed by atoms with Gasteiger partial charge in [0.15, 0.2) is 0 Å². The van der Waals surface area contributed by atoms with E-state index in [0.717, 1.165) is 42.9 Å². The lowest BCUT2D eigenvalue weighted by atomic mass is 10.0. The van der Waals surface area contributed by atoms with Gasteiger partial charge in [-0.3, -0.25) is 4.90 Å². The molecule has 2 heterocycles. The van der Waals surface area contributed by atoms with E-state index in [0.29, 0.717) is 13.1 Å². The molecule has 1 aromatic carbocycles. The number of furan rings is 1. The van der Waals surface area contributed by atoms with E-state index < -0.39 is 10.0 Å². The molecular weight excluding hydrogens is 336 g/mol. The predicted molar refractivity (Wildman–Crippen MR) is 99.8 cm³/mol. The second-order valence-electron chi connectivity index (χ2n) is 6.87. The second-order valence-corrected chi connectivity index (χ2v) is 8.71. The summed E-state index contributed by atoms with van der Waals surface area (Å²) in [6.45, 7) is 4.21. The Hall–Kier alpha value is -1.63. The molecule has 136 valence electrons. The van der Waals surface area contributed by atoms with Crippen LogP contribution in [0, 0.1) is 6.92 Å². The van der Waals surface area contributed by atoms with Crippen LogP contribution in [0.1, 0.15) is 30.6 Å². The third-order valence-corrected chi connectivity index (χ3v) is 5.38. The Kier molecular flexibility index (Phi) is 5.61. The fraction of sp³-hybridized carbons (Fsp3) is 0.474. The van der Waals surface area contributed by atoms with Crippen LogP contribution in [0.5, 0.6) is 0 Å². The molecule has 6 heteroatoms. The van der Waals surface area contributed by atoms with Crippen LogP contribution in [0.25, 0.3) is 11.3 Å². The quantitative estimate of drug-likeness (QED) is 0.857. The van der Waals surface area contributed by atoms with Crippen molar-refractivity contribution in [2.24, 2.45) is 0 Å². The van der Waals surface area contributed by atoms with Crippen LogP contribution in [0.15, 0.2) is 40.8 Å². The lowest BCUT2D eigenvalue weighted by molar-refractivity contribution is 0.132. The normalized spacial score (nSPS) is 19.2. The number of hydrogen-bond donors (Lipinski definition) is 1. The summed E-state index contributed by atoms with van der Waals surface area (Å²) >= 11 is 0. The standard InChI is InChI=1S/C19H26N2O3S/c1-15-6-8-16(9-7-15)19-11-10-18(24-19)14-21-12-4-3-5-17(21)13-20-25(2,22)23/h6-11,17,20H,3-5,12-14H2,1-2H3. The van der Waals surface area contributed by atoms with Crippen molar-refractivity contribution in [1.29, 1.82) is 0 Å². The summed E-state index contributed by atoms with van der Waals surface area (Å²) in [6, 6.07) is 12.5.